The highest BCUT2D eigenvalue weighted by atomic mass is 35.5. The third-order valence-electron chi connectivity index (χ3n) is 3.39. The zero-order valence-electron chi connectivity index (χ0n) is 11.1. The summed E-state index contributed by atoms with van der Waals surface area (Å²) in [5.41, 5.74) is 0.886. The van der Waals surface area contributed by atoms with Crippen LogP contribution in [0.2, 0.25) is 5.02 Å². The summed E-state index contributed by atoms with van der Waals surface area (Å²) in [5, 5.41) is 0.767. The lowest BCUT2D eigenvalue weighted by atomic mass is 9.79. The number of benzene rings is 1. The number of halogens is 3. The van der Waals surface area contributed by atoms with Gasteiger partial charge in [-0.25, -0.2) is 0 Å². The van der Waals surface area contributed by atoms with Crippen LogP contribution < -0.4 is 0 Å². The maximum absolute atomic E-state index is 6.29. The first kappa shape index (κ1) is 16.1. The Bertz CT molecular complexity index is 357. The van der Waals surface area contributed by atoms with Crippen molar-refractivity contribution >= 4 is 34.8 Å². The fourth-order valence-electron chi connectivity index (χ4n) is 2.19. The average Bonchev–Trinajstić information content (AvgIpc) is 2.36. The van der Waals surface area contributed by atoms with Crippen LogP contribution in [0.15, 0.2) is 24.3 Å². The molecule has 0 N–H and O–H groups in total. The first-order valence-electron chi connectivity index (χ1n) is 6.42. The Morgan fingerprint density at radius 3 is 2.22 bits per heavy atom. The topological polar surface area (TPSA) is 0 Å². The van der Waals surface area contributed by atoms with E-state index < -0.39 is 0 Å². The summed E-state index contributed by atoms with van der Waals surface area (Å²) in [7, 11) is 0. The number of hydrogen-bond acceptors (Lipinski definition) is 0. The van der Waals surface area contributed by atoms with E-state index in [-0.39, 0.29) is 5.41 Å². The standard InChI is InChI=1S/C15H21Cl3/c1-12(2)6-5-9-15(10-16,11-17)13-7-3-4-8-14(13)18/h3-4,7-8,12H,5-6,9-11H2,1-2H3. The maximum atomic E-state index is 6.29. The molecule has 1 aromatic carbocycles. The maximum Gasteiger partial charge on any atom is 0.0444 e. The Balaban J connectivity index is 2.89. The summed E-state index contributed by atoms with van der Waals surface area (Å²) in [6, 6.07) is 7.89. The molecule has 0 saturated heterocycles. The molecule has 0 nitrogen and oxygen atoms in total. The Kier molecular flexibility index (Phi) is 6.84. The van der Waals surface area contributed by atoms with E-state index in [9.17, 15) is 0 Å². The van der Waals surface area contributed by atoms with E-state index in [0.29, 0.717) is 17.7 Å². The zero-order valence-corrected chi connectivity index (χ0v) is 13.3. The first-order valence-corrected chi connectivity index (χ1v) is 7.87. The molecule has 0 heterocycles. The summed E-state index contributed by atoms with van der Waals surface area (Å²) < 4.78 is 0. The van der Waals surface area contributed by atoms with Crippen LogP contribution in [-0.2, 0) is 5.41 Å². The summed E-state index contributed by atoms with van der Waals surface area (Å²) in [5.74, 6) is 1.73. The van der Waals surface area contributed by atoms with Crippen molar-refractivity contribution in [3.63, 3.8) is 0 Å². The minimum Gasteiger partial charge on any atom is -0.126 e. The molecule has 0 aliphatic rings. The Morgan fingerprint density at radius 2 is 1.72 bits per heavy atom. The van der Waals surface area contributed by atoms with Crippen LogP contribution in [0, 0.1) is 5.92 Å². The monoisotopic (exact) mass is 306 g/mol. The number of alkyl halides is 2. The van der Waals surface area contributed by atoms with Gasteiger partial charge in [0.2, 0.25) is 0 Å². The molecule has 18 heavy (non-hydrogen) atoms. The molecule has 0 aliphatic carbocycles. The molecular weight excluding hydrogens is 287 g/mol. The quantitative estimate of drug-likeness (QED) is 0.552. The van der Waals surface area contributed by atoms with Gasteiger partial charge >= 0.3 is 0 Å². The van der Waals surface area contributed by atoms with Crippen LogP contribution in [-0.4, -0.2) is 11.8 Å². The van der Waals surface area contributed by atoms with Gasteiger partial charge in [0.05, 0.1) is 0 Å². The second-order valence-electron chi connectivity index (χ2n) is 5.31. The van der Waals surface area contributed by atoms with E-state index in [1.54, 1.807) is 0 Å². The summed E-state index contributed by atoms with van der Waals surface area (Å²) in [4.78, 5) is 0. The van der Waals surface area contributed by atoms with Crippen molar-refractivity contribution in [1.82, 2.24) is 0 Å². The Labute approximate surface area is 126 Å². The SMILES string of the molecule is CC(C)CCCC(CCl)(CCl)c1ccccc1Cl. The van der Waals surface area contributed by atoms with Gasteiger partial charge in [-0.15, -0.1) is 23.2 Å². The normalized spacial score (nSPS) is 12.1. The zero-order chi connectivity index (χ0) is 13.6. The largest absolute Gasteiger partial charge is 0.126 e. The molecule has 0 unspecified atom stereocenters. The van der Waals surface area contributed by atoms with Gasteiger partial charge in [0.15, 0.2) is 0 Å². The molecule has 0 fully saturated rings. The lowest BCUT2D eigenvalue weighted by Gasteiger charge is -2.31. The third-order valence-corrected chi connectivity index (χ3v) is 4.75. The van der Waals surface area contributed by atoms with Crippen LogP contribution in [0.25, 0.3) is 0 Å². The van der Waals surface area contributed by atoms with Crippen molar-refractivity contribution in [2.75, 3.05) is 11.8 Å². The van der Waals surface area contributed by atoms with E-state index in [0.717, 1.165) is 23.4 Å². The van der Waals surface area contributed by atoms with Crippen LogP contribution in [0.3, 0.4) is 0 Å². The molecule has 1 rings (SSSR count). The van der Waals surface area contributed by atoms with Gasteiger partial charge in [-0.05, 0) is 24.0 Å². The molecule has 0 spiro atoms. The molecule has 3 heteroatoms. The van der Waals surface area contributed by atoms with Crippen molar-refractivity contribution < 1.29 is 0 Å². The van der Waals surface area contributed by atoms with Crippen molar-refractivity contribution in [3.8, 4) is 0 Å². The van der Waals surface area contributed by atoms with Crippen LogP contribution in [0.1, 0.15) is 38.7 Å². The van der Waals surface area contributed by atoms with Crippen molar-refractivity contribution in [2.24, 2.45) is 5.92 Å². The number of rotatable bonds is 7. The van der Waals surface area contributed by atoms with E-state index >= 15 is 0 Å². The highest BCUT2D eigenvalue weighted by Gasteiger charge is 2.31. The lowest BCUT2D eigenvalue weighted by molar-refractivity contribution is 0.432. The van der Waals surface area contributed by atoms with Crippen molar-refractivity contribution in [1.29, 1.82) is 0 Å². The van der Waals surface area contributed by atoms with Crippen molar-refractivity contribution in [3.05, 3.63) is 34.9 Å². The predicted molar refractivity (Wildman–Crippen MR) is 83.3 cm³/mol. The fourth-order valence-corrected chi connectivity index (χ4v) is 3.37. The second kappa shape index (κ2) is 7.62. The van der Waals surface area contributed by atoms with Gasteiger partial charge in [-0.3, -0.25) is 0 Å². The second-order valence-corrected chi connectivity index (χ2v) is 6.26. The molecule has 0 amide bonds. The van der Waals surface area contributed by atoms with E-state index in [1.165, 1.54) is 6.42 Å². The summed E-state index contributed by atoms with van der Waals surface area (Å²) >= 11 is 18.7. The van der Waals surface area contributed by atoms with Gasteiger partial charge in [0, 0.05) is 22.2 Å². The van der Waals surface area contributed by atoms with Crippen LogP contribution in [0.4, 0.5) is 0 Å². The molecule has 0 atom stereocenters. The third kappa shape index (κ3) is 4.05. The molecule has 1 aromatic rings. The molecule has 102 valence electrons. The first-order chi connectivity index (χ1) is 8.55. The Hall–Kier alpha value is 0.0900. The lowest BCUT2D eigenvalue weighted by Crippen LogP contribution is -2.31. The molecule has 0 aromatic heterocycles. The van der Waals surface area contributed by atoms with Gasteiger partial charge < -0.3 is 0 Å². The summed E-state index contributed by atoms with van der Waals surface area (Å²) in [6.45, 7) is 4.47. The van der Waals surface area contributed by atoms with E-state index in [1.807, 2.05) is 24.3 Å². The van der Waals surface area contributed by atoms with Gasteiger partial charge in [-0.1, -0.05) is 56.5 Å². The highest BCUT2D eigenvalue weighted by Crippen LogP contribution is 2.37. The molecule has 0 saturated carbocycles. The summed E-state index contributed by atoms with van der Waals surface area (Å²) in [6.07, 6.45) is 3.31. The van der Waals surface area contributed by atoms with Crippen LogP contribution >= 0.6 is 34.8 Å². The van der Waals surface area contributed by atoms with E-state index in [2.05, 4.69) is 13.8 Å². The molecule has 0 bridgehead atoms. The highest BCUT2D eigenvalue weighted by molar-refractivity contribution is 6.32. The van der Waals surface area contributed by atoms with E-state index in [4.69, 9.17) is 34.8 Å². The minimum absolute atomic E-state index is 0.198. The van der Waals surface area contributed by atoms with Crippen LogP contribution in [0.5, 0.6) is 0 Å². The van der Waals surface area contributed by atoms with Crippen molar-refractivity contribution in [2.45, 2.75) is 38.5 Å². The molecular formula is C15H21Cl3. The average molecular weight is 308 g/mol. The van der Waals surface area contributed by atoms with Gasteiger partial charge in [0.1, 0.15) is 0 Å². The van der Waals surface area contributed by atoms with Gasteiger partial charge in [0.25, 0.3) is 0 Å². The smallest absolute Gasteiger partial charge is 0.0444 e. The molecule has 0 radical (unpaired) electrons. The van der Waals surface area contributed by atoms with Gasteiger partial charge in [-0.2, -0.15) is 0 Å². The molecule has 0 aliphatic heterocycles. The Morgan fingerprint density at radius 1 is 1.11 bits per heavy atom. The fraction of sp³-hybridized carbons (Fsp3) is 0.600. The predicted octanol–water partition coefficient (Wildman–Crippen LogP) is 5.88. The number of hydrogen-bond donors (Lipinski definition) is 0. The minimum atomic E-state index is -0.198.